The quantitative estimate of drug-likeness (QED) is 0.214. The fourth-order valence-corrected chi connectivity index (χ4v) is 3.18. The second-order valence-corrected chi connectivity index (χ2v) is 7.07. The predicted octanol–water partition coefficient (Wildman–Crippen LogP) is 2.02. The van der Waals surface area contributed by atoms with E-state index in [0.717, 1.165) is 25.0 Å². The van der Waals surface area contributed by atoms with Crippen LogP contribution in [0.25, 0.3) is 0 Å². The van der Waals surface area contributed by atoms with E-state index in [1.54, 1.807) is 14.0 Å². The molecule has 0 aliphatic carbocycles. The minimum Gasteiger partial charge on any atom is -0.356 e. The number of nitrogens with zero attached hydrogens (tertiary/aromatic N) is 3. The first-order chi connectivity index (χ1) is 11.4. The van der Waals surface area contributed by atoms with Crippen molar-refractivity contribution in [2.24, 2.45) is 10.9 Å². The Kier molecular flexibility index (Phi) is 8.43. The molecule has 0 aromatic carbocycles. The van der Waals surface area contributed by atoms with Crippen LogP contribution in [0.15, 0.2) is 4.99 Å². The van der Waals surface area contributed by atoms with Crippen molar-refractivity contribution in [3.8, 4) is 0 Å². The number of imide groups is 1. The van der Waals surface area contributed by atoms with Gasteiger partial charge in [0.15, 0.2) is 5.96 Å². The zero-order valence-electron chi connectivity index (χ0n) is 15.8. The number of likely N-dealkylation sites (tertiary alicyclic amines) is 1. The van der Waals surface area contributed by atoms with Gasteiger partial charge >= 0.3 is 6.03 Å². The van der Waals surface area contributed by atoms with Gasteiger partial charge in [-0.3, -0.25) is 14.7 Å². The summed E-state index contributed by atoms with van der Waals surface area (Å²) in [6.07, 6.45) is 3.70. The lowest BCUT2D eigenvalue weighted by molar-refractivity contribution is -0.130. The number of halogens is 1. The molecular formula is C17H32IN5O2. The Morgan fingerprint density at radius 3 is 2.52 bits per heavy atom. The van der Waals surface area contributed by atoms with Gasteiger partial charge in [0, 0.05) is 33.2 Å². The van der Waals surface area contributed by atoms with Gasteiger partial charge in [-0.1, -0.05) is 13.8 Å². The molecule has 3 amide bonds. The Labute approximate surface area is 168 Å². The maximum atomic E-state index is 12.3. The zero-order valence-corrected chi connectivity index (χ0v) is 18.1. The first-order valence-corrected chi connectivity index (χ1v) is 9.01. The topological polar surface area (TPSA) is 77.0 Å². The van der Waals surface area contributed by atoms with Crippen LogP contribution in [0.2, 0.25) is 0 Å². The molecule has 0 bridgehead atoms. The van der Waals surface area contributed by atoms with E-state index in [2.05, 4.69) is 27.4 Å². The lowest BCUT2D eigenvalue weighted by atomic mass is 9.99. The normalized spacial score (nSPS) is 25.0. The number of guanidine groups is 1. The van der Waals surface area contributed by atoms with Crippen LogP contribution in [-0.2, 0) is 4.79 Å². The number of urea groups is 1. The molecule has 144 valence electrons. The molecule has 2 rings (SSSR count). The van der Waals surface area contributed by atoms with Crippen molar-refractivity contribution < 1.29 is 9.59 Å². The molecule has 0 spiro atoms. The number of aliphatic imine (C=N–C) groups is 1. The van der Waals surface area contributed by atoms with Gasteiger partial charge in [0.25, 0.3) is 5.91 Å². The first kappa shape index (κ1) is 22.0. The van der Waals surface area contributed by atoms with Crippen LogP contribution < -0.4 is 10.6 Å². The van der Waals surface area contributed by atoms with Crippen molar-refractivity contribution in [1.82, 2.24) is 20.4 Å². The van der Waals surface area contributed by atoms with E-state index in [1.165, 1.54) is 17.7 Å². The average molecular weight is 465 g/mol. The third-order valence-corrected chi connectivity index (χ3v) is 5.19. The summed E-state index contributed by atoms with van der Waals surface area (Å²) < 4.78 is 0. The minimum absolute atomic E-state index is 0. The van der Waals surface area contributed by atoms with Crippen LogP contribution in [0.1, 0.15) is 46.5 Å². The van der Waals surface area contributed by atoms with E-state index in [0.29, 0.717) is 25.9 Å². The van der Waals surface area contributed by atoms with Gasteiger partial charge in [0.05, 0.1) is 0 Å². The largest absolute Gasteiger partial charge is 0.356 e. The summed E-state index contributed by atoms with van der Waals surface area (Å²) >= 11 is 0. The molecule has 0 aromatic heterocycles. The molecule has 0 radical (unpaired) electrons. The van der Waals surface area contributed by atoms with Gasteiger partial charge in [0.1, 0.15) is 5.54 Å². The monoisotopic (exact) mass is 465 g/mol. The molecule has 0 saturated carbocycles. The van der Waals surface area contributed by atoms with E-state index < -0.39 is 5.54 Å². The van der Waals surface area contributed by atoms with E-state index in [1.807, 2.05) is 6.92 Å². The maximum Gasteiger partial charge on any atom is 0.325 e. The molecule has 2 saturated heterocycles. The highest BCUT2D eigenvalue weighted by Gasteiger charge is 2.45. The Morgan fingerprint density at radius 1 is 1.36 bits per heavy atom. The molecule has 25 heavy (non-hydrogen) atoms. The molecule has 8 heteroatoms. The number of amides is 3. The second-order valence-electron chi connectivity index (χ2n) is 7.07. The van der Waals surface area contributed by atoms with E-state index >= 15 is 0 Å². The van der Waals surface area contributed by atoms with Crippen LogP contribution in [0.5, 0.6) is 0 Å². The smallest absolute Gasteiger partial charge is 0.325 e. The Bertz CT molecular complexity index is 505. The van der Waals surface area contributed by atoms with Gasteiger partial charge in [-0.2, -0.15) is 0 Å². The molecule has 0 aromatic rings. The molecular weight excluding hydrogens is 433 g/mol. The minimum atomic E-state index is -0.745. The Hall–Kier alpha value is -1.06. The molecule has 2 aliphatic heterocycles. The van der Waals surface area contributed by atoms with Crippen LogP contribution in [-0.4, -0.2) is 66.5 Å². The fourth-order valence-electron chi connectivity index (χ4n) is 3.18. The van der Waals surface area contributed by atoms with Gasteiger partial charge in [-0.15, -0.1) is 24.0 Å². The van der Waals surface area contributed by atoms with E-state index in [-0.39, 0.29) is 35.9 Å². The van der Waals surface area contributed by atoms with Crippen molar-refractivity contribution >= 4 is 41.9 Å². The molecule has 2 fully saturated rings. The molecule has 7 nitrogen and oxygen atoms in total. The number of carbonyl (C=O) groups is 2. The van der Waals surface area contributed by atoms with Gasteiger partial charge < -0.3 is 15.5 Å². The lowest BCUT2D eigenvalue weighted by Crippen LogP contribution is -2.46. The summed E-state index contributed by atoms with van der Waals surface area (Å²) in [5.74, 6) is 1.58. The molecule has 2 N–H and O–H groups in total. The second kappa shape index (κ2) is 9.59. The number of nitrogens with one attached hydrogen (secondary N) is 2. The van der Waals surface area contributed by atoms with Crippen molar-refractivity contribution in [3.05, 3.63) is 0 Å². The fraction of sp³-hybridized carbons (Fsp3) is 0.824. The Balaban J connectivity index is 0.00000312. The molecule has 1 unspecified atom stereocenters. The summed E-state index contributed by atoms with van der Waals surface area (Å²) in [5, 5.41) is 6.13. The molecule has 1 atom stereocenters. The number of piperidine rings is 1. The number of hydrogen-bond acceptors (Lipinski definition) is 3. The van der Waals surface area contributed by atoms with Gasteiger partial charge in [-0.25, -0.2) is 4.79 Å². The SMILES string of the molecule is CCC1(C)NC(=O)N(CCCNC(=NC)N2CCC(C)CC2)C1=O.I. The third kappa shape index (κ3) is 5.21. The van der Waals surface area contributed by atoms with Crippen LogP contribution in [0.3, 0.4) is 0 Å². The first-order valence-electron chi connectivity index (χ1n) is 9.01. The number of hydrogen-bond donors (Lipinski definition) is 2. The van der Waals surface area contributed by atoms with Crippen molar-refractivity contribution in [3.63, 3.8) is 0 Å². The van der Waals surface area contributed by atoms with Crippen LogP contribution >= 0.6 is 24.0 Å². The molecule has 2 heterocycles. The average Bonchev–Trinajstić information content (AvgIpc) is 2.79. The summed E-state index contributed by atoms with van der Waals surface area (Å²) in [7, 11) is 1.80. The third-order valence-electron chi connectivity index (χ3n) is 5.19. The Morgan fingerprint density at radius 2 is 2.00 bits per heavy atom. The van der Waals surface area contributed by atoms with Crippen LogP contribution in [0, 0.1) is 5.92 Å². The van der Waals surface area contributed by atoms with Crippen molar-refractivity contribution in [1.29, 1.82) is 0 Å². The highest BCUT2D eigenvalue weighted by atomic mass is 127. The lowest BCUT2D eigenvalue weighted by Gasteiger charge is -2.33. The van der Waals surface area contributed by atoms with Gasteiger partial charge in [0.2, 0.25) is 0 Å². The van der Waals surface area contributed by atoms with Crippen molar-refractivity contribution in [2.75, 3.05) is 33.2 Å². The molecule has 2 aliphatic rings. The highest BCUT2D eigenvalue weighted by molar-refractivity contribution is 14.0. The van der Waals surface area contributed by atoms with Crippen LogP contribution in [0.4, 0.5) is 4.79 Å². The summed E-state index contributed by atoms with van der Waals surface area (Å²) in [6, 6.07) is -0.279. The number of carbonyl (C=O) groups excluding carboxylic acids is 2. The maximum absolute atomic E-state index is 12.3. The zero-order chi connectivity index (χ0) is 17.7. The predicted molar refractivity (Wildman–Crippen MR) is 110 cm³/mol. The van der Waals surface area contributed by atoms with E-state index in [9.17, 15) is 9.59 Å². The van der Waals surface area contributed by atoms with Gasteiger partial charge in [-0.05, 0) is 38.5 Å². The van der Waals surface area contributed by atoms with E-state index in [4.69, 9.17) is 0 Å². The summed E-state index contributed by atoms with van der Waals surface area (Å²) in [4.78, 5) is 32.2. The number of rotatable bonds is 5. The standard InChI is InChI=1S/C17H31N5O2.HI/c1-5-17(3)14(23)22(16(24)20-17)10-6-9-19-15(18-4)21-11-7-13(2)8-12-21;/h13H,5-12H2,1-4H3,(H,18,19)(H,20,24);1H. The summed E-state index contributed by atoms with van der Waals surface area (Å²) in [5.41, 5.74) is -0.745. The highest BCUT2D eigenvalue weighted by Crippen LogP contribution is 2.20. The summed E-state index contributed by atoms with van der Waals surface area (Å²) in [6.45, 7) is 9.17. The van der Waals surface area contributed by atoms with Crippen molar-refractivity contribution in [2.45, 2.75) is 52.0 Å².